The van der Waals surface area contributed by atoms with E-state index in [4.69, 9.17) is 28.4 Å². The molecule has 0 heterocycles. The largest absolute Gasteiger partial charge is 0.379 e. The van der Waals surface area contributed by atoms with E-state index in [1.165, 1.54) is 36.5 Å². The van der Waals surface area contributed by atoms with Crippen LogP contribution in [-0.4, -0.2) is 145 Å². The van der Waals surface area contributed by atoms with Crippen molar-refractivity contribution in [1.29, 1.82) is 0 Å². The second-order valence-corrected chi connectivity index (χ2v) is 13.0. The fourth-order valence-electron chi connectivity index (χ4n) is 5.10. The second-order valence-electron chi connectivity index (χ2n) is 13.0. The van der Waals surface area contributed by atoms with Crippen LogP contribution in [0.2, 0.25) is 0 Å². The van der Waals surface area contributed by atoms with E-state index in [1.807, 2.05) is 0 Å². The van der Waals surface area contributed by atoms with Gasteiger partial charge in [0.25, 0.3) is 0 Å². The van der Waals surface area contributed by atoms with Gasteiger partial charge in [-0.05, 0) is 81.4 Å². The van der Waals surface area contributed by atoms with E-state index in [-0.39, 0.29) is 81.6 Å². The number of hydrogen-bond donors (Lipinski definition) is 5. The second kappa shape index (κ2) is 38.4. The lowest BCUT2D eigenvalue weighted by atomic mass is 10.0. The Morgan fingerprint density at radius 3 is 1.00 bits per heavy atom. The van der Waals surface area contributed by atoms with Crippen molar-refractivity contribution < 1.29 is 57.2 Å². The minimum Gasteiger partial charge on any atom is -0.379 e. The summed E-state index contributed by atoms with van der Waals surface area (Å²) in [6, 6.07) is 0. The number of nitrogens with one attached hydrogen (secondary N) is 5. The van der Waals surface area contributed by atoms with Crippen LogP contribution in [0, 0.1) is 0 Å². The van der Waals surface area contributed by atoms with Crippen LogP contribution in [0.3, 0.4) is 0 Å². The Kier molecular flexibility index (Phi) is 35.4. The summed E-state index contributed by atoms with van der Waals surface area (Å²) in [5.41, 5.74) is 0. The van der Waals surface area contributed by atoms with Gasteiger partial charge in [0, 0.05) is 78.8 Å². The van der Waals surface area contributed by atoms with Gasteiger partial charge in [0.05, 0.1) is 13.2 Å². The third kappa shape index (κ3) is 30.3. The lowest BCUT2D eigenvalue weighted by molar-refractivity contribution is -0.197. The summed E-state index contributed by atoms with van der Waals surface area (Å²) in [5, 5.41) is 13.6. The molecule has 0 aromatic heterocycles. The Bertz CT molecular complexity index is 1230. The average molecular weight is 848 g/mol. The minimum atomic E-state index is -0.870. The SMILES string of the molecule is C=CC(=O)CCCCOC[C@@H](OCCCNC(=O)C=C)[C@@H](OCCCNC(=O)C=C)[C@H](OCCCNC(=O)C=C)[C@H](COCCCNC(=O)C=C)OCCCNC(=O)C=C. The first-order valence-electron chi connectivity index (χ1n) is 20.3. The molecule has 0 radical (unpaired) electrons. The third-order valence-electron chi connectivity index (χ3n) is 8.27. The molecule has 0 saturated carbocycles. The van der Waals surface area contributed by atoms with Crippen molar-refractivity contribution in [1.82, 2.24) is 26.6 Å². The number of unbranched alkanes of at least 4 members (excludes halogenated alkanes) is 1. The summed E-state index contributed by atoms with van der Waals surface area (Å²) in [4.78, 5) is 70.7. The van der Waals surface area contributed by atoms with Crippen LogP contribution in [0.15, 0.2) is 75.9 Å². The maximum atomic E-state index is 11.8. The maximum Gasteiger partial charge on any atom is 0.243 e. The van der Waals surface area contributed by atoms with Gasteiger partial charge in [0.2, 0.25) is 29.5 Å². The topological polar surface area (TPSA) is 218 Å². The molecule has 0 saturated heterocycles. The number of ketones is 1. The molecule has 17 heteroatoms. The minimum absolute atomic E-state index is 0.0278. The highest BCUT2D eigenvalue weighted by Crippen LogP contribution is 2.21. The molecule has 0 rings (SSSR count). The molecular formula is C43H69N5O12. The van der Waals surface area contributed by atoms with Crippen molar-refractivity contribution in [2.24, 2.45) is 0 Å². The summed E-state index contributed by atoms with van der Waals surface area (Å²) >= 11 is 0. The number of carbonyl (C=O) groups is 6. The van der Waals surface area contributed by atoms with Crippen molar-refractivity contribution in [3.63, 3.8) is 0 Å². The Balaban J connectivity index is 6.71. The smallest absolute Gasteiger partial charge is 0.243 e. The van der Waals surface area contributed by atoms with E-state index in [0.717, 1.165) is 0 Å². The molecule has 0 aromatic rings. The fourth-order valence-corrected chi connectivity index (χ4v) is 5.10. The highest BCUT2D eigenvalue weighted by molar-refractivity contribution is 5.89. The van der Waals surface area contributed by atoms with Crippen LogP contribution >= 0.6 is 0 Å². The average Bonchev–Trinajstić information content (AvgIpc) is 3.26. The summed E-state index contributed by atoms with van der Waals surface area (Å²) < 4.78 is 38.3. The van der Waals surface area contributed by atoms with Crippen molar-refractivity contribution in [2.45, 2.75) is 75.8 Å². The predicted octanol–water partition coefficient (Wildman–Crippen LogP) is 1.95. The molecule has 0 unspecified atom stereocenters. The zero-order valence-electron chi connectivity index (χ0n) is 35.3. The van der Waals surface area contributed by atoms with Crippen molar-refractivity contribution in [3.8, 4) is 0 Å². The fraction of sp³-hybridized carbons (Fsp3) is 0.581. The number of carbonyl (C=O) groups excluding carboxylic acids is 6. The number of ether oxygens (including phenoxy) is 6. The first-order chi connectivity index (χ1) is 29.1. The van der Waals surface area contributed by atoms with Crippen LogP contribution in [0.5, 0.6) is 0 Å². The van der Waals surface area contributed by atoms with Gasteiger partial charge in [-0.25, -0.2) is 0 Å². The van der Waals surface area contributed by atoms with Crippen LogP contribution in [0.25, 0.3) is 0 Å². The van der Waals surface area contributed by atoms with Crippen LogP contribution in [-0.2, 0) is 57.2 Å². The van der Waals surface area contributed by atoms with Gasteiger partial charge < -0.3 is 55.0 Å². The molecular weight excluding hydrogens is 778 g/mol. The summed E-state index contributed by atoms with van der Waals surface area (Å²) in [7, 11) is 0. The van der Waals surface area contributed by atoms with Crippen molar-refractivity contribution >= 4 is 35.3 Å². The van der Waals surface area contributed by atoms with Crippen LogP contribution < -0.4 is 26.6 Å². The number of amides is 5. The monoisotopic (exact) mass is 847 g/mol. The van der Waals surface area contributed by atoms with Gasteiger partial charge in [0.1, 0.15) is 24.4 Å². The van der Waals surface area contributed by atoms with Crippen molar-refractivity contribution in [3.05, 3.63) is 75.9 Å². The highest BCUT2D eigenvalue weighted by atomic mass is 16.6. The van der Waals surface area contributed by atoms with E-state index in [9.17, 15) is 28.8 Å². The molecule has 0 fully saturated rings. The molecule has 0 aromatic carbocycles. The zero-order chi connectivity index (χ0) is 44.6. The molecule has 17 nitrogen and oxygen atoms in total. The van der Waals surface area contributed by atoms with E-state index < -0.39 is 24.4 Å². The van der Waals surface area contributed by atoms with Gasteiger partial charge in [-0.2, -0.15) is 0 Å². The van der Waals surface area contributed by atoms with E-state index in [2.05, 4.69) is 66.1 Å². The Labute approximate surface area is 355 Å². The molecule has 0 bridgehead atoms. The van der Waals surface area contributed by atoms with E-state index in [1.54, 1.807) is 0 Å². The van der Waals surface area contributed by atoms with Crippen LogP contribution in [0.4, 0.5) is 0 Å². The van der Waals surface area contributed by atoms with E-state index in [0.29, 0.717) is 90.7 Å². The van der Waals surface area contributed by atoms with E-state index >= 15 is 0 Å². The van der Waals surface area contributed by atoms with Crippen LogP contribution in [0.1, 0.15) is 51.4 Å². The molecule has 5 amide bonds. The molecule has 0 aliphatic carbocycles. The predicted molar refractivity (Wildman–Crippen MR) is 229 cm³/mol. The summed E-state index contributed by atoms with van der Waals surface area (Å²) in [6.45, 7) is 23.8. The lowest BCUT2D eigenvalue weighted by Gasteiger charge is -2.37. The van der Waals surface area contributed by atoms with Gasteiger partial charge in [0.15, 0.2) is 5.78 Å². The maximum absolute atomic E-state index is 11.8. The first kappa shape index (κ1) is 55.2. The number of hydrogen-bond acceptors (Lipinski definition) is 12. The van der Waals surface area contributed by atoms with Gasteiger partial charge in [-0.15, -0.1) is 0 Å². The molecule has 0 aliphatic rings. The summed E-state index contributed by atoms with van der Waals surface area (Å²) in [6.07, 6.45) is 7.64. The van der Waals surface area contributed by atoms with Gasteiger partial charge >= 0.3 is 0 Å². The van der Waals surface area contributed by atoms with Crippen molar-refractivity contribution in [2.75, 3.05) is 85.6 Å². The number of allylic oxidation sites excluding steroid dienone is 1. The first-order valence-corrected chi connectivity index (χ1v) is 20.3. The van der Waals surface area contributed by atoms with Gasteiger partial charge in [-0.3, -0.25) is 28.8 Å². The van der Waals surface area contributed by atoms with Gasteiger partial charge in [-0.1, -0.05) is 39.5 Å². The molecule has 0 aliphatic heterocycles. The highest BCUT2D eigenvalue weighted by Gasteiger charge is 2.38. The Morgan fingerprint density at radius 2 is 0.683 bits per heavy atom. The summed E-state index contributed by atoms with van der Waals surface area (Å²) in [5.74, 6) is -1.66. The normalized spacial score (nSPS) is 12.7. The molecule has 4 atom stereocenters. The number of rotatable bonds is 42. The third-order valence-corrected chi connectivity index (χ3v) is 8.27. The molecule has 5 N–H and O–H groups in total. The quantitative estimate of drug-likeness (QED) is 0.0440. The standard InChI is InChI=1S/C43H69N5O12/c1-7-34(49)20-13-14-26-55-32-35(57-28-16-22-45-38(51)9-3)42(59-30-18-24-47-40(53)11-5)43(60-31-19-25-48-41(54)12-6)36(58-29-17-23-46-39(52)10-4)33-56-27-15-21-44-37(50)8-2/h7-12,35-36,42-43H,1-6,13-33H2,(H,44,50)(H,45,51)(H,46,52)(H,47,53)(H,48,54)/t35-,36+,42-,43-/m1/s1. The molecule has 0 spiro atoms. The Morgan fingerprint density at radius 1 is 0.383 bits per heavy atom. The molecule has 60 heavy (non-hydrogen) atoms. The molecule has 338 valence electrons. The Hall–Kier alpha value is -4.78. The zero-order valence-corrected chi connectivity index (χ0v) is 35.3. The lowest BCUT2D eigenvalue weighted by Crippen LogP contribution is -2.53.